The van der Waals surface area contributed by atoms with E-state index in [2.05, 4.69) is 10.3 Å². The number of carbonyl (C=O) groups is 1. The molecule has 1 N–H and O–H groups in total. The van der Waals surface area contributed by atoms with E-state index in [1.165, 1.54) is 12.1 Å². The molecule has 6 heteroatoms. The average molecular weight is 324 g/mol. The lowest BCUT2D eigenvalue weighted by atomic mass is 9.86. The first-order chi connectivity index (χ1) is 10.3. The number of amides is 1. The molecule has 1 aromatic carbocycles. The number of hydrogen-bond acceptors (Lipinski definition) is 2. The Balaban J connectivity index is 2.15. The van der Waals surface area contributed by atoms with Crippen LogP contribution in [-0.2, 0) is 6.54 Å². The van der Waals surface area contributed by atoms with E-state index >= 15 is 0 Å². The molecule has 4 nitrogen and oxygen atoms in total. The Kier molecular flexibility index (Phi) is 4.86. The van der Waals surface area contributed by atoms with Gasteiger partial charge in [0.15, 0.2) is 0 Å². The van der Waals surface area contributed by atoms with Gasteiger partial charge in [-0.2, -0.15) is 0 Å². The third-order valence-electron chi connectivity index (χ3n) is 3.49. The van der Waals surface area contributed by atoms with Gasteiger partial charge >= 0.3 is 0 Å². The molecule has 1 unspecified atom stereocenters. The lowest BCUT2D eigenvalue weighted by molar-refractivity contribution is 0.0892. The molecule has 1 amide bonds. The summed E-state index contributed by atoms with van der Waals surface area (Å²) in [5, 5.41) is 2.96. The number of aromatic nitrogens is 2. The van der Waals surface area contributed by atoms with Gasteiger partial charge < -0.3 is 9.88 Å². The first kappa shape index (κ1) is 16.5. The zero-order valence-corrected chi connectivity index (χ0v) is 13.6. The Morgan fingerprint density at radius 1 is 1.45 bits per heavy atom. The number of carbonyl (C=O) groups excluding carboxylic acids is 1. The van der Waals surface area contributed by atoms with Crippen molar-refractivity contribution in [2.45, 2.75) is 33.4 Å². The highest BCUT2D eigenvalue weighted by atomic mass is 35.5. The van der Waals surface area contributed by atoms with E-state index in [1.807, 2.05) is 31.5 Å². The maximum absolute atomic E-state index is 13.5. The summed E-state index contributed by atoms with van der Waals surface area (Å²) >= 11 is 5.64. The van der Waals surface area contributed by atoms with Crippen LogP contribution in [0.2, 0.25) is 5.02 Å². The van der Waals surface area contributed by atoms with Crippen LogP contribution in [0.15, 0.2) is 36.9 Å². The van der Waals surface area contributed by atoms with Crippen LogP contribution in [-0.4, -0.2) is 21.5 Å². The Hall–Kier alpha value is -1.88. The van der Waals surface area contributed by atoms with Gasteiger partial charge in [-0.3, -0.25) is 4.79 Å². The molecule has 1 atom stereocenters. The highest BCUT2D eigenvalue weighted by Crippen LogP contribution is 2.22. The van der Waals surface area contributed by atoms with Gasteiger partial charge in [-0.15, -0.1) is 0 Å². The molecule has 0 saturated heterocycles. The lowest BCUT2D eigenvalue weighted by Crippen LogP contribution is -2.46. The smallest absolute Gasteiger partial charge is 0.251 e. The normalized spacial score (nSPS) is 13.0. The average Bonchev–Trinajstić information content (AvgIpc) is 2.93. The number of benzene rings is 1. The van der Waals surface area contributed by atoms with E-state index in [0.29, 0.717) is 6.54 Å². The van der Waals surface area contributed by atoms with E-state index in [0.717, 1.165) is 6.07 Å². The number of halogens is 2. The maximum Gasteiger partial charge on any atom is 0.251 e. The summed E-state index contributed by atoms with van der Waals surface area (Å²) < 4.78 is 15.4. The predicted molar refractivity (Wildman–Crippen MR) is 84.3 cm³/mol. The van der Waals surface area contributed by atoms with E-state index in [-0.39, 0.29) is 28.0 Å². The zero-order chi connectivity index (χ0) is 16.3. The molecule has 0 aliphatic carbocycles. The van der Waals surface area contributed by atoms with Gasteiger partial charge in [0.2, 0.25) is 0 Å². The standard InChI is InChI=1S/C16H19ClFN3O/c1-16(2,3)14(9-21-7-6-19-10-21)20-15(22)11-4-5-12(17)13(18)8-11/h4-8,10,14H,9H2,1-3H3,(H,20,22). The van der Waals surface area contributed by atoms with Crippen LogP contribution in [0.25, 0.3) is 0 Å². The molecule has 2 aromatic rings. The fourth-order valence-electron chi connectivity index (χ4n) is 2.02. The Morgan fingerprint density at radius 2 is 2.18 bits per heavy atom. The fourth-order valence-corrected chi connectivity index (χ4v) is 2.14. The van der Waals surface area contributed by atoms with Crippen molar-refractivity contribution in [1.29, 1.82) is 0 Å². The summed E-state index contributed by atoms with van der Waals surface area (Å²) in [7, 11) is 0. The SMILES string of the molecule is CC(C)(C)C(Cn1ccnc1)NC(=O)c1ccc(Cl)c(F)c1. The van der Waals surface area contributed by atoms with Gasteiger partial charge in [-0.05, 0) is 23.6 Å². The Labute approximate surface area is 134 Å². The predicted octanol–water partition coefficient (Wildman–Crippen LogP) is 3.52. The molecule has 0 spiro atoms. The first-order valence-electron chi connectivity index (χ1n) is 6.99. The number of imidazole rings is 1. The lowest BCUT2D eigenvalue weighted by Gasteiger charge is -2.31. The molecular formula is C16H19ClFN3O. The number of nitrogens with one attached hydrogen (secondary N) is 1. The minimum absolute atomic E-state index is 0.00216. The van der Waals surface area contributed by atoms with Gasteiger partial charge in [-0.1, -0.05) is 32.4 Å². The molecule has 2 rings (SSSR count). The first-order valence-corrected chi connectivity index (χ1v) is 7.37. The summed E-state index contributed by atoms with van der Waals surface area (Å²) in [4.78, 5) is 16.3. The van der Waals surface area contributed by atoms with E-state index in [9.17, 15) is 9.18 Å². The minimum atomic E-state index is -0.601. The van der Waals surface area contributed by atoms with Crippen LogP contribution >= 0.6 is 11.6 Å². The van der Waals surface area contributed by atoms with Crippen LogP contribution in [0, 0.1) is 11.2 Å². The summed E-state index contributed by atoms with van der Waals surface area (Å²) in [6, 6.07) is 3.91. The summed E-state index contributed by atoms with van der Waals surface area (Å²) in [6.45, 7) is 6.71. The highest BCUT2D eigenvalue weighted by Gasteiger charge is 2.27. The summed E-state index contributed by atoms with van der Waals surface area (Å²) in [5.74, 6) is -0.924. The largest absolute Gasteiger partial charge is 0.347 e. The van der Waals surface area contributed by atoms with Crippen molar-refractivity contribution in [3.63, 3.8) is 0 Å². The van der Waals surface area contributed by atoms with E-state index < -0.39 is 5.82 Å². The fraction of sp³-hybridized carbons (Fsp3) is 0.375. The Bertz CT molecular complexity index is 650. The third kappa shape index (κ3) is 4.07. The molecule has 0 bridgehead atoms. The highest BCUT2D eigenvalue weighted by molar-refractivity contribution is 6.30. The van der Waals surface area contributed by atoms with E-state index in [4.69, 9.17) is 11.6 Å². The molecule has 0 fully saturated rings. The van der Waals surface area contributed by atoms with Gasteiger partial charge in [0.1, 0.15) is 5.82 Å². The molecule has 1 aromatic heterocycles. The van der Waals surface area contributed by atoms with Gasteiger partial charge in [0.05, 0.1) is 17.4 Å². The van der Waals surface area contributed by atoms with Gasteiger partial charge in [0.25, 0.3) is 5.91 Å². The van der Waals surface area contributed by atoms with Crippen molar-refractivity contribution < 1.29 is 9.18 Å². The Morgan fingerprint density at radius 3 is 2.73 bits per heavy atom. The number of hydrogen-bond donors (Lipinski definition) is 1. The quantitative estimate of drug-likeness (QED) is 0.935. The molecule has 118 valence electrons. The van der Waals surface area contributed by atoms with E-state index in [1.54, 1.807) is 12.5 Å². The molecule has 1 heterocycles. The molecule has 0 radical (unpaired) electrons. The van der Waals surface area contributed by atoms with Crippen molar-refractivity contribution >= 4 is 17.5 Å². The van der Waals surface area contributed by atoms with Gasteiger partial charge in [0, 0.05) is 24.5 Å². The monoisotopic (exact) mass is 323 g/mol. The van der Waals surface area contributed by atoms with Crippen molar-refractivity contribution in [1.82, 2.24) is 14.9 Å². The van der Waals surface area contributed by atoms with Crippen LogP contribution < -0.4 is 5.32 Å². The third-order valence-corrected chi connectivity index (χ3v) is 3.79. The summed E-state index contributed by atoms with van der Waals surface area (Å²) in [6.07, 6.45) is 5.23. The second-order valence-corrected chi connectivity index (χ2v) is 6.69. The van der Waals surface area contributed by atoms with Crippen molar-refractivity contribution in [3.05, 3.63) is 53.3 Å². The van der Waals surface area contributed by atoms with Crippen molar-refractivity contribution in [2.75, 3.05) is 0 Å². The van der Waals surface area contributed by atoms with Crippen LogP contribution in [0.1, 0.15) is 31.1 Å². The number of rotatable bonds is 4. The van der Waals surface area contributed by atoms with Gasteiger partial charge in [-0.25, -0.2) is 9.37 Å². The molecule has 0 aliphatic rings. The zero-order valence-electron chi connectivity index (χ0n) is 12.8. The van der Waals surface area contributed by atoms with Crippen LogP contribution in [0.4, 0.5) is 4.39 Å². The van der Waals surface area contributed by atoms with Crippen molar-refractivity contribution in [2.24, 2.45) is 5.41 Å². The second-order valence-electron chi connectivity index (χ2n) is 6.28. The topological polar surface area (TPSA) is 46.9 Å². The molecular weight excluding hydrogens is 305 g/mol. The number of nitrogens with zero attached hydrogens (tertiary/aromatic N) is 2. The molecule has 22 heavy (non-hydrogen) atoms. The molecule has 0 saturated carbocycles. The van der Waals surface area contributed by atoms with Crippen molar-refractivity contribution in [3.8, 4) is 0 Å². The van der Waals surface area contributed by atoms with Crippen LogP contribution in [0.5, 0.6) is 0 Å². The minimum Gasteiger partial charge on any atom is -0.347 e. The molecule has 0 aliphatic heterocycles. The summed E-state index contributed by atoms with van der Waals surface area (Å²) in [5.41, 5.74) is 0.0898. The second kappa shape index (κ2) is 6.48. The van der Waals surface area contributed by atoms with Crippen LogP contribution in [0.3, 0.4) is 0 Å². The maximum atomic E-state index is 13.5.